The van der Waals surface area contributed by atoms with Crippen molar-refractivity contribution in [1.29, 1.82) is 5.41 Å². The van der Waals surface area contributed by atoms with Crippen molar-refractivity contribution < 1.29 is 4.74 Å². The normalized spacial score (nSPS) is 13.6. The summed E-state index contributed by atoms with van der Waals surface area (Å²) in [6.45, 7) is 1.77. The van der Waals surface area contributed by atoms with E-state index in [4.69, 9.17) is 44.9 Å². The highest BCUT2D eigenvalue weighted by Gasteiger charge is 2.29. The number of halogens is 3. The lowest BCUT2D eigenvalue weighted by Crippen LogP contribution is -2.24. The van der Waals surface area contributed by atoms with Crippen LogP contribution in [0, 0.1) is 5.41 Å². The van der Waals surface area contributed by atoms with E-state index in [0.717, 1.165) is 5.56 Å². The number of hydrogen-bond donors (Lipinski definition) is 1. The molecule has 0 radical (unpaired) electrons. The molecule has 0 heterocycles. The predicted octanol–water partition coefficient (Wildman–Crippen LogP) is 4.45. The summed E-state index contributed by atoms with van der Waals surface area (Å²) in [7, 11) is 0. The maximum absolute atomic E-state index is 7.40. The first-order chi connectivity index (χ1) is 7.89. The van der Waals surface area contributed by atoms with Gasteiger partial charge in [0, 0.05) is 0 Å². The summed E-state index contributed by atoms with van der Waals surface area (Å²) in [5, 5.41) is 7.40. The molecule has 2 nitrogen and oxygen atoms in total. The zero-order chi connectivity index (χ0) is 12.9. The van der Waals surface area contributed by atoms with Crippen LogP contribution in [0.25, 0.3) is 6.08 Å². The molecule has 0 spiro atoms. The summed E-state index contributed by atoms with van der Waals surface area (Å²) in [5.74, 6) is -0.382. The first-order valence-corrected chi connectivity index (χ1v) is 6.08. The summed E-state index contributed by atoms with van der Waals surface area (Å²) in [5.41, 5.74) is 1.04. The third kappa shape index (κ3) is 5.44. The molecular weight excluding hydrogens is 280 g/mol. The Bertz CT molecular complexity index is 398. The van der Waals surface area contributed by atoms with Gasteiger partial charge in [-0.25, -0.2) is 0 Å². The molecule has 0 aliphatic rings. The molecule has 17 heavy (non-hydrogen) atoms. The molecule has 1 N–H and O–H groups in total. The summed E-state index contributed by atoms with van der Waals surface area (Å²) < 4.78 is 3.33. The van der Waals surface area contributed by atoms with Gasteiger partial charge in [-0.3, -0.25) is 5.41 Å². The van der Waals surface area contributed by atoms with E-state index in [2.05, 4.69) is 0 Å². The van der Waals surface area contributed by atoms with E-state index >= 15 is 0 Å². The van der Waals surface area contributed by atoms with Crippen LogP contribution >= 0.6 is 34.8 Å². The lowest BCUT2D eigenvalue weighted by Gasteiger charge is -2.16. The van der Waals surface area contributed by atoms with E-state index in [1.807, 2.05) is 36.4 Å². The molecule has 0 bridgehead atoms. The number of hydrogen-bond acceptors (Lipinski definition) is 2. The molecular formula is C12H12Cl3NO. The Hall–Kier alpha value is -0.700. The van der Waals surface area contributed by atoms with Gasteiger partial charge in [0.05, 0.1) is 0 Å². The highest BCUT2D eigenvalue weighted by atomic mass is 35.6. The van der Waals surface area contributed by atoms with Gasteiger partial charge in [-0.2, -0.15) is 0 Å². The lowest BCUT2D eigenvalue weighted by atomic mass is 10.2. The summed E-state index contributed by atoms with van der Waals surface area (Å²) in [4.78, 5) is 0. The highest BCUT2D eigenvalue weighted by Crippen LogP contribution is 2.28. The summed E-state index contributed by atoms with van der Waals surface area (Å²) >= 11 is 16.5. The summed E-state index contributed by atoms with van der Waals surface area (Å²) in [6, 6.07) is 9.74. The van der Waals surface area contributed by atoms with Crippen LogP contribution in [0.3, 0.4) is 0 Å². The molecule has 0 fully saturated rings. The van der Waals surface area contributed by atoms with Gasteiger partial charge < -0.3 is 4.74 Å². The Morgan fingerprint density at radius 3 is 2.41 bits per heavy atom. The first-order valence-electron chi connectivity index (χ1n) is 4.95. The molecule has 0 saturated heterocycles. The number of ether oxygens (including phenoxy) is 1. The number of alkyl halides is 3. The average molecular weight is 293 g/mol. The Morgan fingerprint density at radius 2 is 1.88 bits per heavy atom. The van der Waals surface area contributed by atoms with Gasteiger partial charge in [0.25, 0.3) is 3.79 Å². The molecule has 0 unspecified atom stereocenters. The molecule has 0 aromatic heterocycles. The zero-order valence-corrected chi connectivity index (χ0v) is 11.4. The molecule has 1 atom stereocenters. The molecule has 5 heteroatoms. The maximum Gasteiger partial charge on any atom is 0.265 e. The van der Waals surface area contributed by atoms with Crippen LogP contribution < -0.4 is 0 Å². The molecule has 1 aromatic carbocycles. The van der Waals surface area contributed by atoms with Crippen LogP contribution in [0.2, 0.25) is 0 Å². The number of benzene rings is 1. The van der Waals surface area contributed by atoms with Gasteiger partial charge >= 0.3 is 0 Å². The van der Waals surface area contributed by atoms with Crippen LogP contribution in [0.1, 0.15) is 12.5 Å². The Labute approximate surface area is 116 Å². The van der Waals surface area contributed by atoms with Gasteiger partial charge in [0.2, 0.25) is 5.90 Å². The average Bonchev–Trinajstić information content (AvgIpc) is 2.26. The minimum Gasteiger partial charge on any atom is -0.471 e. The smallest absolute Gasteiger partial charge is 0.265 e. The first kappa shape index (κ1) is 14.4. The fourth-order valence-electron chi connectivity index (χ4n) is 1.10. The van der Waals surface area contributed by atoms with Gasteiger partial charge in [-0.1, -0.05) is 71.2 Å². The molecule has 0 amide bonds. The minimum atomic E-state index is -1.81. The van der Waals surface area contributed by atoms with Gasteiger partial charge in [0.15, 0.2) is 0 Å². The predicted molar refractivity (Wildman–Crippen MR) is 74.0 cm³/mol. The number of rotatable bonds is 3. The maximum atomic E-state index is 7.40. The standard InChI is InChI=1S/C12H12Cl3NO/c1-9(17-11(16)12(13,14)15)7-8-10-5-3-2-4-6-10/h2-9,16H,1H3/b8-7+,16-11?/t9-/m1/s1. The fraction of sp³-hybridized carbons (Fsp3) is 0.250. The number of nitrogens with one attached hydrogen (secondary N) is 1. The molecule has 0 saturated carbocycles. The van der Waals surface area contributed by atoms with E-state index in [9.17, 15) is 0 Å². The van der Waals surface area contributed by atoms with Crippen LogP contribution in [0.4, 0.5) is 0 Å². The van der Waals surface area contributed by atoms with Crippen molar-refractivity contribution in [3.05, 3.63) is 42.0 Å². The molecule has 1 rings (SSSR count). The quantitative estimate of drug-likeness (QED) is 0.498. The second-order valence-electron chi connectivity index (χ2n) is 3.42. The Balaban J connectivity index is 2.53. The van der Waals surface area contributed by atoms with Crippen molar-refractivity contribution in [3.63, 3.8) is 0 Å². The van der Waals surface area contributed by atoms with E-state index in [1.165, 1.54) is 0 Å². The van der Waals surface area contributed by atoms with Crippen molar-refractivity contribution in [2.75, 3.05) is 0 Å². The highest BCUT2D eigenvalue weighted by molar-refractivity contribution is 6.76. The van der Waals surface area contributed by atoms with Crippen molar-refractivity contribution >= 4 is 46.8 Å². The van der Waals surface area contributed by atoms with Crippen LogP contribution in [-0.4, -0.2) is 15.8 Å². The van der Waals surface area contributed by atoms with Crippen molar-refractivity contribution in [3.8, 4) is 0 Å². The second-order valence-corrected chi connectivity index (χ2v) is 5.70. The summed E-state index contributed by atoms with van der Waals surface area (Å²) in [6.07, 6.45) is 3.34. The van der Waals surface area contributed by atoms with Crippen molar-refractivity contribution in [2.45, 2.75) is 16.8 Å². The van der Waals surface area contributed by atoms with E-state index in [-0.39, 0.29) is 12.0 Å². The lowest BCUT2D eigenvalue weighted by molar-refractivity contribution is 0.249. The zero-order valence-electron chi connectivity index (χ0n) is 9.16. The topological polar surface area (TPSA) is 33.1 Å². The van der Waals surface area contributed by atoms with Gasteiger partial charge in [-0.05, 0) is 18.6 Å². The van der Waals surface area contributed by atoms with E-state index in [0.29, 0.717) is 0 Å². The molecule has 1 aromatic rings. The van der Waals surface area contributed by atoms with Crippen LogP contribution in [0.15, 0.2) is 36.4 Å². The van der Waals surface area contributed by atoms with Crippen molar-refractivity contribution in [2.24, 2.45) is 0 Å². The second kappa shape index (κ2) is 6.29. The Morgan fingerprint density at radius 1 is 1.29 bits per heavy atom. The largest absolute Gasteiger partial charge is 0.471 e. The van der Waals surface area contributed by atoms with E-state index in [1.54, 1.807) is 13.0 Å². The monoisotopic (exact) mass is 291 g/mol. The molecule has 92 valence electrons. The van der Waals surface area contributed by atoms with Crippen LogP contribution in [-0.2, 0) is 4.74 Å². The molecule has 0 aliphatic heterocycles. The van der Waals surface area contributed by atoms with Crippen molar-refractivity contribution in [1.82, 2.24) is 0 Å². The van der Waals surface area contributed by atoms with Gasteiger partial charge in [-0.15, -0.1) is 0 Å². The van der Waals surface area contributed by atoms with Crippen LogP contribution in [0.5, 0.6) is 0 Å². The van der Waals surface area contributed by atoms with E-state index < -0.39 is 3.79 Å². The minimum absolute atomic E-state index is 0.335. The SMILES string of the molecule is C[C@H](/C=C/c1ccccc1)OC(=N)C(Cl)(Cl)Cl. The third-order valence-corrected chi connectivity index (χ3v) is 2.44. The fourth-order valence-corrected chi connectivity index (χ4v) is 1.24. The molecule has 0 aliphatic carbocycles. The van der Waals surface area contributed by atoms with Gasteiger partial charge in [0.1, 0.15) is 6.10 Å². The third-order valence-electron chi connectivity index (χ3n) is 1.92. The Kier molecular flexibility index (Phi) is 5.31.